The summed E-state index contributed by atoms with van der Waals surface area (Å²) in [5, 5.41) is 0. The summed E-state index contributed by atoms with van der Waals surface area (Å²) in [5.74, 6) is -1.10. The molecule has 1 atom stereocenters. The van der Waals surface area contributed by atoms with Gasteiger partial charge in [-0.25, -0.2) is 0 Å². The summed E-state index contributed by atoms with van der Waals surface area (Å²) in [7, 11) is 0. The zero-order chi connectivity index (χ0) is 19.9. The van der Waals surface area contributed by atoms with Crippen molar-refractivity contribution in [2.75, 3.05) is 32.7 Å². The molecule has 28 heavy (non-hydrogen) atoms. The fraction of sp³-hybridized carbons (Fsp3) is 0.591. The number of nitrogens with zero attached hydrogens (tertiary/aromatic N) is 3. The number of benzene rings is 1. The van der Waals surface area contributed by atoms with Gasteiger partial charge in [-0.05, 0) is 24.8 Å². The molecule has 2 heterocycles. The zero-order valence-corrected chi connectivity index (χ0v) is 16.8. The Hall–Kier alpha value is -2.37. The van der Waals surface area contributed by atoms with Crippen molar-refractivity contribution in [3.63, 3.8) is 0 Å². The van der Waals surface area contributed by atoms with E-state index in [-0.39, 0.29) is 5.91 Å². The summed E-state index contributed by atoms with van der Waals surface area (Å²) in [6.07, 6.45) is 6.10. The van der Waals surface area contributed by atoms with Crippen molar-refractivity contribution in [2.24, 2.45) is 0 Å². The summed E-state index contributed by atoms with van der Waals surface area (Å²) >= 11 is 0. The molecule has 1 aromatic carbocycles. The molecule has 6 heteroatoms. The number of amides is 3. The van der Waals surface area contributed by atoms with Gasteiger partial charge in [-0.1, -0.05) is 56.5 Å². The van der Waals surface area contributed by atoms with Gasteiger partial charge in [-0.3, -0.25) is 14.4 Å². The average molecular weight is 386 g/mol. The Morgan fingerprint density at radius 1 is 0.929 bits per heavy atom. The molecule has 0 bridgehead atoms. The first-order chi connectivity index (χ1) is 13.6. The highest BCUT2D eigenvalue weighted by atomic mass is 16.2. The Balaban J connectivity index is 1.84. The number of carbonyl (C=O) groups excluding carboxylic acids is 3. The third-order valence-electron chi connectivity index (χ3n) is 5.70. The van der Waals surface area contributed by atoms with E-state index in [1.54, 1.807) is 4.90 Å². The number of likely N-dealkylation sites (tertiary alicyclic amines) is 1. The van der Waals surface area contributed by atoms with Crippen LogP contribution in [0.5, 0.6) is 0 Å². The largest absolute Gasteiger partial charge is 0.341 e. The third-order valence-corrected chi connectivity index (χ3v) is 5.70. The number of unbranched alkanes of at least 4 members (excludes halogenated alkanes) is 1. The fourth-order valence-electron chi connectivity index (χ4n) is 4.05. The van der Waals surface area contributed by atoms with E-state index in [0.717, 1.165) is 57.2 Å². The van der Waals surface area contributed by atoms with Gasteiger partial charge in [0.25, 0.3) is 0 Å². The number of hydrogen-bond acceptors (Lipinski definition) is 3. The van der Waals surface area contributed by atoms with Crippen LogP contribution in [-0.2, 0) is 14.4 Å². The molecule has 2 aliphatic heterocycles. The lowest BCUT2D eigenvalue weighted by molar-refractivity contribution is -0.161. The summed E-state index contributed by atoms with van der Waals surface area (Å²) in [6.45, 7) is 5.00. The molecule has 0 spiro atoms. The summed E-state index contributed by atoms with van der Waals surface area (Å²) in [6, 6.07) is 8.68. The Kier molecular flexibility index (Phi) is 7.06. The smallest absolute Gasteiger partial charge is 0.313 e. The second-order valence-electron chi connectivity index (χ2n) is 7.70. The van der Waals surface area contributed by atoms with Crippen molar-refractivity contribution >= 4 is 17.7 Å². The maximum absolute atomic E-state index is 13.5. The lowest BCUT2D eigenvalue weighted by Gasteiger charge is -2.39. The molecule has 0 unspecified atom stereocenters. The van der Waals surface area contributed by atoms with Crippen LogP contribution in [0, 0.1) is 0 Å². The Morgan fingerprint density at radius 2 is 1.61 bits per heavy atom. The topological polar surface area (TPSA) is 60.9 Å². The molecule has 2 saturated heterocycles. The monoisotopic (exact) mass is 385 g/mol. The molecule has 0 aromatic heterocycles. The predicted molar refractivity (Wildman–Crippen MR) is 107 cm³/mol. The van der Waals surface area contributed by atoms with Crippen molar-refractivity contribution in [3.8, 4) is 0 Å². The molecule has 2 aliphatic rings. The maximum Gasteiger partial charge on any atom is 0.313 e. The lowest BCUT2D eigenvalue weighted by Crippen LogP contribution is -2.57. The van der Waals surface area contributed by atoms with Gasteiger partial charge in [0.15, 0.2) is 0 Å². The Bertz CT molecular complexity index is 684. The van der Waals surface area contributed by atoms with Crippen molar-refractivity contribution in [2.45, 2.75) is 51.5 Å². The van der Waals surface area contributed by atoms with E-state index in [1.165, 1.54) is 4.90 Å². The van der Waals surface area contributed by atoms with E-state index < -0.39 is 17.9 Å². The molecule has 152 valence electrons. The minimum Gasteiger partial charge on any atom is -0.341 e. The van der Waals surface area contributed by atoms with Gasteiger partial charge in [0.1, 0.15) is 6.04 Å². The van der Waals surface area contributed by atoms with E-state index in [9.17, 15) is 14.4 Å². The van der Waals surface area contributed by atoms with Crippen LogP contribution in [0.2, 0.25) is 0 Å². The van der Waals surface area contributed by atoms with E-state index >= 15 is 0 Å². The van der Waals surface area contributed by atoms with Crippen LogP contribution in [0.1, 0.15) is 57.1 Å². The van der Waals surface area contributed by atoms with Gasteiger partial charge in [0.2, 0.25) is 5.91 Å². The van der Waals surface area contributed by atoms with Gasteiger partial charge < -0.3 is 14.7 Å². The molecule has 3 rings (SSSR count). The predicted octanol–water partition coefficient (Wildman–Crippen LogP) is 2.60. The molecule has 1 aromatic rings. The van der Waals surface area contributed by atoms with E-state index in [1.807, 2.05) is 35.2 Å². The highest BCUT2D eigenvalue weighted by molar-refractivity contribution is 6.35. The lowest BCUT2D eigenvalue weighted by atomic mass is 10.0. The van der Waals surface area contributed by atoms with Crippen molar-refractivity contribution in [1.82, 2.24) is 14.7 Å². The van der Waals surface area contributed by atoms with Crippen molar-refractivity contribution in [1.29, 1.82) is 0 Å². The first-order valence-corrected chi connectivity index (χ1v) is 10.6. The van der Waals surface area contributed by atoms with Crippen LogP contribution in [0.3, 0.4) is 0 Å². The molecule has 0 saturated carbocycles. The van der Waals surface area contributed by atoms with Crippen molar-refractivity contribution in [3.05, 3.63) is 35.9 Å². The van der Waals surface area contributed by atoms with Gasteiger partial charge in [0, 0.05) is 32.7 Å². The van der Waals surface area contributed by atoms with Gasteiger partial charge in [-0.15, -0.1) is 0 Å². The SMILES string of the molecule is CCCCN1CCN([C@@H](C(=O)N2CCCCCC2)c2ccccc2)C(=O)C1=O. The molecule has 2 fully saturated rings. The van der Waals surface area contributed by atoms with Crippen LogP contribution in [-0.4, -0.2) is 65.1 Å². The summed E-state index contributed by atoms with van der Waals surface area (Å²) in [4.78, 5) is 44.0. The quantitative estimate of drug-likeness (QED) is 0.707. The van der Waals surface area contributed by atoms with Gasteiger partial charge in [-0.2, -0.15) is 0 Å². The number of carbonyl (C=O) groups is 3. The number of piperazine rings is 1. The average Bonchev–Trinajstić information content (AvgIpc) is 3.01. The van der Waals surface area contributed by atoms with E-state index in [2.05, 4.69) is 6.92 Å². The highest BCUT2D eigenvalue weighted by Gasteiger charge is 2.41. The van der Waals surface area contributed by atoms with Gasteiger partial charge >= 0.3 is 11.8 Å². The Labute approximate surface area is 167 Å². The number of hydrogen-bond donors (Lipinski definition) is 0. The highest BCUT2D eigenvalue weighted by Crippen LogP contribution is 2.27. The van der Waals surface area contributed by atoms with Gasteiger partial charge in [0.05, 0.1) is 0 Å². The molecule has 0 radical (unpaired) electrons. The number of rotatable bonds is 6. The standard InChI is InChI=1S/C22H31N3O3/c1-2-3-13-24-16-17-25(22(28)21(24)27)19(18-11-7-6-8-12-18)20(26)23-14-9-4-5-10-15-23/h6-8,11-12,19H,2-5,9-10,13-17H2,1H3/t19-/m1/s1. The van der Waals surface area contributed by atoms with Crippen LogP contribution in [0.4, 0.5) is 0 Å². The molecular formula is C22H31N3O3. The normalized spacial score (nSPS) is 19.5. The molecule has 0 N–H and O–H groups in total. The third kappa shape index (κ3) is 4.54. The molecular weight excluding hydrogens is 354 g/mol. The second kappa shape index (κ2) is 9.71. The first kappa shape index (κ1) is 20.4. The zero-order valence-electron chi connectivity index (χ0n) is 16.8. The van der Waals surface area contributed by atoms with E-state index in [0.29, 0.717) is 19.6 Å². The van der Waals surface area contributed by atoms with Crippen molar-refractivity contribution < 1.29 is 14.4 Å². The first-order valence-electron chi connectivity index (χ1n) is 10.6. The minimum absolute atomic E-state index is 0.0590. The van der Waals surface area contributed by atoms with Crippen LogP contribution in [0.15, 0.2) is 30.3 Å². The second-order valence-corrected chi connectivity index (χ2v) is 7.70. The van der Waals surface area contributed by atoms with Crippen LogP contribution < -0.4 is 0 Å². The van der Waals surface area contributed by atoms with Crippen LogP contribution >= 0.6 is 0 Å². The fourth-order valence-corrected chi connectivity index (χ4v) is 4.05. The molecule has 3 amide bonds. The summed E-state index contributed by atoms with van der Waals surface area (Å²) in [5.41, 5.74) is 0.778. The van der Waals surface area contributed by atoms with Crippen LogP contribution in [0.25, 0.3) is 0 Å². The Morgan fingerprint density at radius 3 is 2.25 bits per heavy atom. The summed E-state index contributed by atoms with van der Waals surface area (Å²) < 4.78 is 0. The molecule has 0 aliphatic carbocycles. The maximum atomic E-state index is 13.5. The molecule has 6 nitrogen and oxygen atoms in total. The van der Waals surface area contributed by atoms with E-state index in [4.69, 9.17) is 0 Å². The minimum atomic E-state index is -0.718.